The molecule has 6 heteroatoms. The average molecular weight is 396 g/mol. The standard InChI is InChI=1S/C23H25N3O3.2H2/c1-23(2,3)15-5-6-16-14(9-15)10-17-18(25-16)11-19(26-17)22(27)24-12-13-4-7-20-21(8-13)29-28-20;;/h4,7-8,10-11,15,26H,5-6,9,12H2,1-3H3,(H,24,27);2*1H. The van der Waals surface area contributed by atoms with Crippen LogP contribution >= 0.6 is 0 Å². The lowest BCUT2D eigenvalue weighted by Crippen LogP contribution is -2.27. The summed E-state index contributed by atoms with van der Waals surface area (Å²) in [5, 5.41) is 2.95. The Morgan fingerprint density at radius 2 is 2.07 bits per heavy atom. The largest absolute Gasteiger partial charge is 0.349 e. The quantitative estimate of drug-likeness (QED) is 0.450. The van der Waals surface area contributed by atoms with Crippen LogP contribution in [0, 0.1) is 11.3 Å². The zero-order chi connectivity index (χ0) is 20.2. The number of carbonyl (C=O) groups is 1. The molecule has 0 saturated carbocycles. The Hall–Kier alpha value is -3.02. The van der Waals surface area contributed by atoms with Crippen molar-refractivity contribution in [2.24, 2.45) is 11.3 Å². The van der Waals surface area contributed by atoms with Crippen LogP contribution in [0.15, 0.2) is 39.5 Å². The summed E-state index contributed by atoms with van der Waals surface area (Å²) in [6.07, 6.45) is 3.22. The van der Waals surface area contributed by atoms with Crippen molar-refractivity contribution in [1.82, 2.24) is 15.3 Å². The van der Waals surface area contributed by atoms with E-state index >= 15 is 0 Å². The van der Waals surface area contributed by atoms with E-state index in [4.69, 9.17) is 14.1 Å². The molecule has 1 unspecified atom stereocenters. The zero-order valence-corrected chi connectivity index (χ0v) is 17.0. The van der Waals surface area contributed by atoms with Crippen LogP contribution in [-0.2, 0) is 19.4 Å². The van der Waals surface area contributed by atoms with E-state index in [1.807, 2.05) is 24.3 Å². The fourth-order valence-corrected chi connectivity index (χ4v) is 4.20. The summed E-state index contributed by atoms with van der Waals surface area (Å²) in [6, 6.07) is 9.64. The Bertz CT molecular complexity index is 1220. The van der Waals surface area contributed by atoms with Crippen molar-refractivity contribution in [3.63, 3.8) is 0 Å². The van der Waals surface area contributed by atoms with Crippen LogP contribution in [-0.4, -0.2) is 15.9 Å². The average Bonchev–Trinajstić information content (AvgIpc) is 3.07. The number of nitrogens with one attached hydrogen (secondary N) is 2. The minimum absolute atomic E-state index is 0. The Morgan fingerprint density at radius 1 is 1.24 bits per heavy atom. The molecule has 1 aliphatic rings. The van der Waals surface area contributed by atoms with Crippen LogP contribution in [0.2, 0.25) is 0 Å². The number of pyridine rings is 1. The molecule has 5 rings (SSSR count). The van der Waals surface area contributed by atoms with Gasteiger partial charge in [0.1, 0.15) is 5.69 Å². The second kappa shape index (κ2) is 6.51. The first-order chi connectivity index (χ1) is 13.9. The van der Waals surface area contributed by atoms with Crippen LogP contribution in [0.3, 0.4) is 0 Å². The van der Waals surface area contributed by atoms with E-state index in [1.54, 1.807) is 0 Å². The Kier molecular flexibility index (Phi) is 4.05. The molecule has 1 aromatic carbocycles. The number of nitrogens with zero attached hydrogens (tertiary/aromatic N) is 1. The molecule has 154 valence electrons. The molecule has 1 aliphatic carbocycles. The molecule has 3 aromatic heterocycles. The second-order valence-electron chi connectivity index (χ2n) is 9.15. The molecule has 29 heavy (non-hydrogen) atoms. The van der Waals surface area contributed by atoms with Gasteiger partial charge in [-0.15, -0.1) is 0 Å². The molecule has 2 N–H and O–H groups in total. The van der Waals surface area contributed by atoms with E-state index in [1.165, 1.54) is 17.7 Å². The SMILES string of the molecule is CC(C)(C)C1CCc2nc3cc(C(=O)NCc4ccc5ooc5c4)[nH]c3cc2C1.[HH].[HH]. The molecular formula is C23H29N3O3. The van der Waals surface area contributed by atoms with E-state index in [0.29, 0.717) is 29.2 Å². The highest BCUT2D eigenvalue weighted by Crippen LogP contribution is 2.37. The molecule has 1 atom stereocenters. The maximum Gasteiger partial charge on any atom is 0.268 e. The predicted molar refractivity (Wildman–Crippen MR) is 115 cm³/mol. The number of H-pyrrole nitrogens is 1. The topological polar surface area (TPSA) is 84.1 Å². The summed E-state index contributed by atoms with van der Waals surface area (Å²) < 4.78 is 9.73. The number of benzene rings is 1. The molecule has 0 fully saturated rings. The first-order valence-electron chi connectivity index (χ1n) is 10.1. The monoisotopic (exact) mass is 395 g/mol. The lowest BCUT2D eigenvalue weighted by molar-refractivity contribution is 0.0588. The molecule has 0 bridgehead atoms. The number of hydrogen-bond donors (Lipinski definition) is 2. The Balaban J connectivity index is 0.00000136. The van der Waals surface area contributed by atoms with Gasteiger partial charge in [0.25, 0.3) is 5.91 Å². The van der Waals surface area contributed by atoms with Crippen LogP contribution < -0.4 is 5.32 Å². The van der Waals surface area contributed by atoms with Gasteiger partial charge >= 0.3 is 0 Å². The molecule has 0 aliphatic heterocycles. The maximum atomic E-state index is 12.6. The van der Waals surface area contributed by atoms with Crippen LogP contribution in [0.25, 0.3) is 22.2 Å². The third kappa shape index (κ3) is 3.33. The van der Waals surface area contributed by atoms with Gasteiger partial charge in [-0.25, -0.2) is 0 Å². The van der Waals surface area contributed by atoms with Crippen molar-refractivity contribution in [1.29, 1.82) is 0 Å². The molecule has 0 radical (unpaired) electrons. The number of hydrogen-bond acceptors (Lipinski definition) is 4. The number of fused-ring (bicyclic) bond motifs is 3. The van der Waals surface area contributed by atoms with Gasteiger partial charge in [-0.3, -0.25) is 18.9 Å². The van der Waals surface area contributed by atoms with Gasteiger partial charge in [-0.1, -0.05) is 26.8 Å². The predicted octanol–water partition coefficient (Wildman–Crippen LogP) is 5.48. The number of amides is 1. The minimum atomic E-state index is -0.145. The summed E-state index contributed by atoms with van der Waals surface area (Å²) >= 11 is 0. The van der Waals surface area contributed by atoms with Crippen molar-refractivity contribution >= 4 is 28.1 Å². The molecule has 1 amide bonds. The summed E-state index contributed by atoms with van der Waals surface area (Å²) in [5.41, 5.74) is 7.47. The van der Waals surface area contributed by atoms with E-state index in [-0.39, 0.29) is 8.76 Å². The zero-order valence-electron chi connectivity index (χ0n) is 17.0. The van der Waals surface area contributed by atoms with E-state index in [0.717, 1.165) is 35.0 Å². The number of aromatic amines is 1. The van der Waals surface area contributed by atoms with Gasteiger partial charge in [0.15, 0.2) is 0 Å². The van der Waals surface area contributed by atoms with Gasteiger partial charge in [0.05, 0.1) is 11.0 Å². The van der Waals surface area contributed by atoms with E-state index in [9.17, 15) is 4.79 Å². The van der Waals surface area contributed by atoms with Crippen LogP contribution in [0.4, 0.5) is 0 Å². The maximum absolute atomic E-state index is 12.6. The van der Waals surface area contributed by atoms with E-state index < -0.39 is 0 Å². The summed E-state index contributed by atoms with van der Waals surface area (Å²) in [5.74, 6) is 0.512. The lowest BCUT2D eigenvalue weighted by Gasteiger charge is -2.34. The second-order valence-corrected chi connectivity index (χ2v) is 9.15. The smallest absolute Gasteiger partial charge is 0.268 e. The number of rotatable bonds is 3. The van der Waals surface area contributed by atoms with Crippen molar-refractivity contribution < 1.29 is 16.8 Å². The Labute approximate surface area is 171 Å². The number of aryl methyl sites for hydroxylation is 1. The van der Waals surface area contributed by atoms with Gasteiger partial charge in [0.2, 0.25) is 11.2 Å². The molecular weight excluding hydrogens is 366 g/mol. The summed E-state index contributed by atoms with van der Waals surface area (Å²) in [6.45, 7) is 7.35. The fraction of sp³-hybridized carbons (Fsp3) is 0.391. The van der Waals surface area contributed by atoms with E-state index in [2.05, 4.69) is 37.1 Å². The first-order valence-corrected chi connectivity index (χ1v) is 10.1. The van der Waals surface area contributed by atoms with Crippen molar-refractivity contribution in [3.8, 4) is 0 Å². The van der Waals surface area contributed by atoms with Crippen molar-refractivity contribution in [2.45, 2.75) is 46.6 Å². The third-order valence-electron chi connectivity index (χ3n) is 6.12. The van der Waals surface area contributed by atoms with Gasteiger partial charge in [0, 0.05) is 15.1 Å². The summed E-state index contributed by atoms with van der Waals surface area (Å²) in [7, 11) is 0. The third-order valence-corrected chi connectivity index (χ3v) is 6.12. The first kappa shape index (κ1) is 18.0. The molecule has 0 spiro atoms. The highest BCUT2D eigenvalue weighted by Gasteiger charge is 2.29. The molecule has 0 saturated heterocycles. The molecule has 4 aromatic rings. The highest BCUT2D eigenvalue weighted by molar-refractivity contribution is 5.97. The highest BCUT2D eigenvalue weighted by atomic mass is 17.0. The number of carbonyl (C=O) groups excluding carboxylic acids is 1. The van der Waals surface area contributed by atoms with Crippen molar-refractivity contribution in [3.05, 3.63) is 52.8 Å². The minimum Gasteiger partial charge on any atom is -0.349 e. The normalized spacial score (nSPS) is 17.0. The van der Waals surface area contributed by atoms with Crippen LogP contribution in [0.5, 0.6) is 0 Å². The van der Waals surface area contributed by atoms with Gasteiger partial charge in [-0.2, -0.15) is 0 Å². The Morgan fingerprint density at radius 3 is 2.79 bits per heavy atom. The fourth-order valence-electron chi connectivity index (χ4n) is 4.20. The molecule has 6 nitrogen and oxygen atoms in total. The summed E-state index contributed by atoms with van der Waals surface area (Å²) in [4.78, 5) is 20.7. The van der Waals surface area contributed by atoms with Crippen LogP contribution in [0.1, 0.15) is 57.4 Å². The molecule has 3 heterocycles. The lowest BCUT2D eigenvalue weighted by atomic mass is 9.71. The van der Waals surface area contributed by atoms with Gasteiger partial charge < -0.3 is 10.3 Å². The van der Waals surface area contributed by atoms with Crippen molar-refractivity contribution in [2.75, 3.05) is 0 Å². The number of aromatic nitrogens is 2. The van der Waals surface area contributed by atoms with Gasteiger partial charge in [-0.05, 0) is 66.0 Å².